The molecule has 2 aliphatic carbocycles. The summed E-state index contributed by atoms with van der Waals surface area (Å²) in [5.74, 6) is 8.35. The number of nitrogens with two attached hydrogens (primary N) is 1. The molecule has 0 aromatic heterocycles. The van der Waals surface area contributed by atoms with Gasteiger partial charge in [-0.05, 0) is 54.6 Å². The maximum absolute atomic E-state index is 5.87. The third-order valence-corrected chi connectivity index (χ3v) is 5.75. The van der Waals surface area contributed by atoms with Crippen LogP contribution in [0.2, 0.25) is 0 Å². The van der Waals surface area contributed by atoms with Crippen molar-refractivity contribution in [2.45, 2.75) is 63.8 Å². The van der Waals surface area contributed by atoms with Gasteiger partial charge in [0.2, 0.25) is 0 Å². The van der Waals surface area contributed by atoms with Crippen LogP contribution in [0.25, 0.3) is 0 Å². The highest BCUT2D eigenvalue weighted by Crippen LogP contribution is 2.41. The molecule has 0 bridgehead atoms. The monoisotopic (exact) mass is 272 g/mol. The van der Waals surface area contributed by atoms with Crippen molar-refractivity contribution in [3.05, 3.63) is 35.4 Å². The molecule has 20 heavy (non-hydrogen) atoms. The van der Waals surface area contributed by atoms with Gasteiger partial charge in [-0.25, -0.2) is 0 Å². The Labute approximate surface area is 123 Å². The lowest BCUT2D eigenvalue weighted by atomic mass is 9.70. The van der Waals surface area contributed by atoms with Crippen LogP contribution in [-0.4, -0.2) is 6.04 Å². The molecule has 1 fully saturated rings. The fourth-order valence-corrected chi connectivity index (χ4v) is 4.27. The highest BCUT2D eigenvalue weighted by atomic mass is 15.2. The van der Waals surface area contributed by atoms with Gasteiger partial charge in [0.15, 0.2) is 0 Å². The third kappa shape index (κ3) is 2.77. The summed E-state index contributed by atoms with van der Waals surface area (Å²) in [6, 6.07) is 9.39. The van der Waals surface area contributed by atoms with Crippen molar-refractivity contribution < 1.29 is 0 Å². The van der Waals surface area contributed by atoms with Crippen LogP contribution in [0.3, 0.4) is 0 Å². The summed E-state index contributed by atoms with van der Waals surface area (Å²) in [7, 11) is 0. The zero-order valence-corrected chi connectivity index (χ0v) is 12.6. The van der Waals surface area contributed by atoms with E-state index in [1.807, 2.05) is 0 Å². The molecule has 1 aromatic carbocycles. The first-order valence-corrected chi connectivity index (χ1v) is 8.35. The number of fused-ring (bicyclic) bond motifs is 1. The molecule has 0 amide bonds. The van der Waals surface area contributed by atoms with E-state index in [-0.39, 0.29) is 0 Å². The molecular weight excluding hydrogens is 244 g/mol. The van der Waals surface area contributed by atoms with E-state index >= 15 is 0 Å². The van der Waals surface area contributed by atoms with E-state index in [0.717, 1.165) is 17.8 Å². The van der Waals surface area contributed by atoms with Crippen LogP contribution in [0, 0.1) is 11.8 Å². The predicted octanol–water partition coefficient (Wildman–Crippen LogP) is 3.76. The summed E-state index contributed by atoms with van der Waals surface area (Å²) in [4.78, 5) is 0. The van der Waals surface area contributed by atoms with Gasteiger partial charge in [0.25, 0.3) is 0 Å². The van der Waals surface area contributed by atoms with Gasteiger partial charge in [-0.3, -0.25) is 11.3 Å². The zero-order chi connectivity index (χ0) is 13.9. The normalized spacial score (nSPS) is 30.4. The lowest BCUT2D eigenvalue weighted by molar-refractivity contribution is 0.203. The lowest BCUT2D eigenvalue weighted by Gasteiger charge is -2.38. The molecule has 0 aliphatic heterocycles. The van der Waals surface area contributed by atoms with Crippen LogP contribution >= 0.6 is 0 Å². The van der Waals surface area contributed by atoms with Gasteiger partial charge in [-0.1, -0.05) is 50.5 Å². The number of hydrogen-bond donors (Lipinski definition) is 2. The number of hydrazine groups is 1. The summed E-state index contributed by atoms with van der Waals surface area (Å²) in [5, 5.41) is 0. The molecule has 0 saturated heterocycles. The van der Waals surface area contributed by atoms with Gasteiger partial charge >= 0.3 is 0 Å². The van der Waals surface area contributed by atoms with Crippen molar-refractivity contribution in [2.24, 2.45) is 17.7 Å². The van der Waals surface area contributed by atoms with E-state index in [0.29, 0.717) is 6.04 Å². The molecular formula is C18H28N2. The number of rotatable bonds is 5. The molecule has 1 aromatic rings. The Morgan fingerprint density at radius 2 is 1.95 bits per heavy atom. The molecule has 0 heterocycles. The molecule has 1 saturated carbocycles. The van der Waals surface area contributed by atoms with Crippen LogP contribution in [0.1, 0.15) is 62.5 Å². The quantitative estimate of drug-likeness (QED) is 0.632. The fraction of sp³-hybridized carbons (Fsp3) is 0.667. The van der Waals surface area contributed by atoms with Crippen LogP contribution in [0.15, 0.2) is 24.3 Å². The van der Waals surface area contributed by atoms with Crippen molar-refractivity contribution in [3.8, 4) is 0 Å². The first-order chi connectivity index (χ1) is 9.81. The molecule has 2 atom stereocenters. The minimum absolute atomic E-state index is 0.506. The van der Waals surface area contributed by atoms with E-state index in [1.54, 1.807) is 11.1 Å². The average molecular weight is 272 g/mol. The van der Waals surface area contributed by atoms with Crippen LogP contribution in [0.5, 0.6) is 0 Å². The molecule has 0 spiro atoms. The van der Waals surface area contributed by atoms with E-state index in [1.165, 1.54) is 44.9 Å². The molecule has 2 heteroatoms. The first kappa shape index (κ1) is 14.1. The SMILES string of the molecule is CCC1CCC(C(CC2Cc3ccccc32)NN)CC1. The summed E-state index contributed by atoms with van der Waals surface area (Å²) in [5.41, 5.74) is 6.24. The Hall–Kier alpha value is -0.860. The van der Waals surface area contributed by atoms with Gasteiger partial charge in [-0.2, -0.15) is 0 Å². The summed E-state index contributed by atoms with van der Waals surface area (Å²) >= 11 is 0. The topological polar surface area (TPSA) is 38.0 Å². The smallest absolute Gasteiger partial charge is 0.0244 e. The van der Waals surface area contributed by atoms with E-state index in [4.69, 9.17) is 5.84 Å². The molecule has 110 valence electrons. The second-order valence-corrected chi connectivity index (χ2v) is 6.80. The Balaban J connectivity index is 1.56. The number of nitrogens with one attached hydrogen (secondary N) is 1. The lowest BCUT2D eigenvalue weighted by Crippen LogP contribution is -2.44. The second kappa shape index (κ2) is 6.28. The van der Waals surface area contributed by atoms with Crippen molar-refractivity contribution in [2.75, 3.05) is 0 Å². The Kier molecular flexibility index (Phi) is 4.42. The Bertz CT molecular complexity index is 435. The van der Waals surface area contributed by atoms with Crippen molar-refractivity contribution in [3.63, 3.8) is 0 Å². The van der Waals surface area contributed by atoms with Crippen LogP contribution in [-0.2, 0) is 6.42 Å². The van der Waals surface area contributed by atoms with Crippen molar-refractivity contribution in [1.82, 2.24) is 5.43 Å². The largest absolute Gasteiger partial charge is 0.271 e. The fourth-order valence-electron chi connectivity index (χ4n) is 4.27. The van der Waals surface area contributed by atoms with Gasteiger partial charge in [0.1, 0.15) is 0 Å². The Morgan fingerprint density at radius 3 is 2.60 bits per heavy atom. The summed E-state index contributed by atoms with van der Waals surface area (Å²) in [6.45, 7) is 2.33. The van der Waals surface area contributed by atoms with Crippen molar-refractivity contribution in [1.29, 1.82) is 0 Å². The summed E-state index contributed by atoms with van der Waals surface area (Å²) < 4.78 is 0. The molecule has 3 N–H and O–H groups in total. The minimum atomic E-state index is 0.506. The maximum atomic E-state index is 5.87. The molecule has 0 radical (unpaired) electrons. The van der Waals surface area contributed by atoms with Gasteiger partial charge < -0.3 is 0 Å². The highest BCUT2D eigenvalue weighted by molar-refractivity contribution is 5.39. The predicted molar refractivity (Wildman–Crippen MR) is 84.4 cm³/mol. The van der Waals surface area contributed by atoms with Crippen molar-refractivity contribution >= 4 is 0 Å². The summed E-state index contributed by atoms with van der Waals surface area (Å²) in [6.07, 6.45) is 9.35. The third-order valence-electron chi connectivity index (χ3n) is 5.75. The average Bonchev–Trinajstić information content (AvgIpc) is 2.49. The van der Waals surface area contributed by atoms with Crippen LogP contribution < -0.4 is 11.3 Å². The molecule has 2 unspecified atom stereocenters. The first-order valence-electron chi connectivity index (χ1n) is 8.35. The van der Waals surface area contributed by atoms with Gasteiger partial charge in [0, 0.05) is 6.04 Å². The highest BCUT2D eigenvalue weighted by Gasteiger charge is 2.32. The van der Waals surface area contributed by atoms with Gasteiger partial charge in [-0.15, -0.1) is 0 Å². The second-order valence-electron chi connectivity index (χ2n) is 6.80. The standard InChI is InChI=1S/C18H28N2/c1-2-13-7-9-14(10-8-13)18(20-19)12-16-11-15-5-3-4-6-17(15)16/h3-6,13-14,16,18,20H,2,7-12,19H2,1H3. The van der Waals surface area contributed by atoms with E-state index < -0.39 is 0 Å². The number of hydrogen-bond acceptors (Lipinski definition) is 2. The molecule has 3 rings (SSSR count). The minimum Gasteiger partial charge on any atom is -0.271 e. The Morgan fingerprint density at radius 1 is 1.20 bits per heavy atom. The van der Waals surface area contributed by atoms with E-state index in [2.05, 4.69) is 36.6 Å². The zero-order valence-electron chi connectivity index (χ0n) is 12.6. The maximum Gasteiger partial charge on any atom is 0.0244 e. The van der Waals surface area contributed by atoms with Gasteiger partial charge in [0.05, 0.1) is 0 Å². The molecule has 2 aliphatic rings. The molecule has 2 nitrogen and oxygen atoms in total. The van der Waals surface area contributed by atoms with Crippen LogP contribution in [0.4, 0.5) is 0 Å². The number of benzene rings is 1. The van der Waals surface area contributed by atoms with E-state index in [9.17, 15) is 0 Å².